The van der Waals surface area contributed by atoms with E-state index in [0.717, 1.165) is 18.3 Å². The summed E-state index contributed by atoms with van der Waals surface area (Å²) in [6.07, 6.45) is 6.08. The average Bonchev–Trinajstić information content (AvgIpc) is 3.02. The molecule has 1 aliphatic rings. The minimum Gasteiger partial charge on any atom is -0.308 e. The van der Waals surface area contributed by atoms with Crippen molar-refractivity contribution in [1.29, 1.82) is 0 Å². The highest BCUT2D eigenvalue weighted by Crippen LogP contribution is 2.35. The molecule has 1 aliphatic carbocycles. The van der Waals surface area contributed by atoms with Gasteiger partial charge in [0.2, 0.25) is 0 Å². The summed E-state index contributed by atoms with van der Waals surface area (Å²) in [6.45, 7) is 1.56. The molecule has 0 amide bonds. The molecular formula is C10H14ClN3. The van der Waals surface area contributed by atoms with Crippen LogP contribution < -0.4 is 5.32 Å². The number of aromatic nitrogens is 2. The van der Waals surface area contributed by atoms with Crippen LogP contribution in [0, 0.1) is 5.92 Å². The zero-order valence-corrected chi connectivity index (χ0v) is 8.74. The molecule has 0 bridgehead atoms. The van der Waals surface area contributed by atoms with Gasteiger partial charge in [-0.3, -0.25) is 0 Å². The molecule has 1 N–H and O–H groups in total. The number of hydrogen-bond donors (Lipinski definition) is 1. The third-order valence-corrected chi connectivity index (χ3v) is 2.89. The number of hydrogen-bond acceptors (Lipinski definition) is 3. The van der Waals surface area contributed by atoms with Crippen molar-refractivity contribution in [2.24, 2.45) is 5.92 Å². The predicted octanol–water partition coefficient (Wildman–Crippen LogP) is 1.58. The van der Waals surface area contributed by atoms with E-state index >= 15 is 0 Å². The van der Waals surface area contributed by atoms with Crippen molar-refractivity contribution in [3.8, 4) is 0 Å². The molecular weight excluding hydrogens is 198 g/mol. The summed E-state index contributed by atoms with van der Waals surface area (Å²) in [5, 5.41) is 3.54. The van der Waals surface area contributed by atoms with E-state index < -0.39 is 0 Å². The minimum atomic E-state index is 0.277. The molecule has 1 heterocycles. The zero-order chi connectivity index (χ0) is 9.80. The van der Waals surface area contributed by atoms with Gasteiger partial charge in [-0.05, 0) is 24.8 Å². The second-order valence-electron chi connectivity index (χ2n) is 3.65. The zero-order valence-electron chi connectivity index (χ0n) is 7.99. The third kappa shape index (κ3) is 2.93. The summed E-state index contributed by atoms with van der Waals surface area (Å²) in [5.74, 6) is 1.56. The van der Waals surface area contributed by atoms with Crippen LogP contribution in [0.3, 0.4) is 0 Å². The molecule has 1 atom stereocenters. The summed E-state index contributed by atoms with van der Waals surface area (Å²) in [7, 11) is 0. The topological polar surface area (TPSA) is 37.8 Å². The minimum absolute atomic E-state index is 0.277. The first-order valence-corrected chi connectivity index (χ1v) is 5.40. The van der Waals surface area contributed by atoms with Gasteiger partial charge in [0, 0.05) is 24.3 Å². The van der Waals surface area contributed by atoms with Gasteiger partial charge in [0.1, 0.15) is 5.82 Å². The van der Waals surface area contributed by atoms with Crippen molar-refractivity contribution < 1.29 is 0 Å². The van der Waals surface area contributed by atoms with Crippen molar-refractivity contribution in [3.05, 3.63) is 24.3 Å². The largest absolute Gasteiger partial charge is 0.308 e. The van der Waals surface area contributed by atoms with Gasteiger partial charge in [-0.2, -0.15) is 0 Å². The molecule has 2 rings (SSSR count). The number of halogens is 1. The molecule has 4 heteroatoms. The van der Waals surface area contributed by atoms with Crippen LogP contribution >= 0.6 is 11.6 Å². The Morgan fingerprint density at radius 2 is 2.14 bits per heavy atom. The van der Waals surface area contributed by atoms with Crippen molar-refractivity contribution in [3.63, 3.8) is 0 Å². The monoisotopic (exact) mass is 211 g/mol. The smallest absolute Gasteiger partial charge is 0.141 e. The highest BCUT2D eigenvalue weighted by atomic mass is 35.5. The Morgan fingerprint density at radius 3 is 2.79 bits per heavy atom. The predicted molar refractivity (Wildman–Crippen MR) is 56.1 cm³/mol. The fourth-order valence-corrected chi connectivity index (χ4v) is 1.73. The molecule has 1 aromatic rings. The molecule has 1 saturated carbocycles. The Morgan fingerprint density at radius 1 is 1.43 bits per heavy atom. The Kier molecular flexibility index (Phi) is 3.32. The average molecular weight is 212 g/mol. The highest BCUT2D eigenvalue weighted by Gasteiger charge is 2.29. The van der Waals surface area contributed by atoms with E-state index in [-0.39, 0.29) is 5.38 Å². The lowest BCUT2D eigenvalue weighted by molar-refractivity contribution is 0.605. The van der Waals surface area contributed by atoms with Gasteiger partial charge in [-0.15, -0.1) is 11.6 Å². The second-order valence-corrected chi connectivity index (χ2v) is 4.21. The Bertz CT molecular complexity index is 274. The van der Waals surface area contributed by atoms with E-state index in [1.54, 1.807) is 12.4 Å². The SMILES string of the molecule is ClC(CNCc1ncccn1)C1CC1. The van der Waals surface area contributed by atoms with E-state index in [4.69, 9.17) is 11.6 Å². The summed E-state index contributed by atoms with van der Waals surface area (Å²) in [4.78, 5) is 8.24. The molecule has 76 valence electrons. The first-order valence-electron chi connectivity index (χ1n) is 4.97. The van der Waals surface area contributed by atoms with Gasteiger partial charge >= 0.3 is 0 Å². The van der Waals surface area contributed by atoms with Crippen molar-refractivity contribution in [2.75, 3.05) is 6.54 Å². The van der Waals surface area contributed by atoms with Crippen LogP contribution in [0.1, 0.15) is 18.7 Å². The van der Waals surface area contributed by atoms with Crippen LogP contribution in [-0.4, -0.2) is 21.9 Å². The van der Waals surface area contributed by atoms with E-state index in [9.17, 15) is 0 Å². The second kappa shape index (κ2) is 4.71. The van der Waals surface area contributed by atoms with Crippen molar-refractivity contribution in [1.82, 2.24) is 15.3 Å². The Hall–Kier alpha value is -0.670. The molecule has 1 aromatic heterocycles. The maximum atomic E-state index is 6.14. The number of rotatable bonds is 5. The maximum Gasteiger partial charge on any atom is 0.141 e. The molecule has 0 radical (unpaired) electrons. The van der Waals surface area contributed by atoms with Gasteiger partial charge in [-0.25, -0.2) is 9.97 Å². The molecule has 0 spiro atoms. The van der Waals surface area contributed by atoms with Crippen molar-refractivity contribution >= 4 is 11.6 Å². The van der Waals surface area contributed by atoms with Crippen LogP contribution in [0.25, 0.3) is 0 Å². The van der Waals surface area contributed by atoms with Crippen LogP contribution in [-0.2, 0) is 6.54 Å². The molecule has 0 aromatic carbocycles. The summed E-state index contributed by atoms with van der Waals surface area (Å²) in [6, 6.07) is 1.82. The molecule has 1 fully saturated rings. The van der Waals surface area contributed by atoms with Crippen molar-refractivity contribution in [2.45, 2.75) is 24.8 Å². The van der Waals surface area contributed by atoms with Crippen LogP contribution in [0.2, 0.25) is 0 Å². The van der Waals surface area contributed by atoms with E-state index in [2.05, 4.69) is 15.3 Å². The summed E-state index contributed by atoms with van der Waals surface area (Å²) >= 11 is 6.14. The van der Waals surface area contributed by atoms with Crippen LogP contribution in [0.4, 0.5) is 0 Å². The van der Waals surface area contributed by atoms with Gasteiger partial charge < -0.3 is 5.32 Å². The molecule has 1 unspecified atom stereocenters. The Balaban J connectivity index is 1.67. The molecule has 14 heavy (non-hydrogen) atoms. The quantitative estimate of drug-likeness (QED) is 0.752. The van der Waals surface area contributed by atoms with Gasteiger partial charge in [0.05, 0.1) is 6.54 Å². The first-order chi connectivity index (χ1) is 6.86. The van der Waals surface area contributed by atoms with E-state index in [0.29, 0.717) is 6.54 Å². The number of nitrogens with one attached hydrogen (secondary N) is 1. The lowest BCUT2D eigenvalue weighted by atomic mass is 10.3. The first kappa shape index (κ1) is 9.87. The normalized spacial score (nSPS) is 18.1. The molecule has 0 saturated heterocycles. The lowest BCUT2D eigenvalue weighted by Crippen LogP contribution is -2.24. The van der Waals surface area contributed by atoms with Crippen LogP contribution in [0.5, 0.6) is 0 Å². The highest BCUT2D eigenvalue weighted by molar-refractivity contribution is 6.21. The molecule has 3 nitrogen and oxygen atoms in total. The van der Waals surface area contributed by atoms with Gasteiger partial charge in [0.15, 0.2) is 0 Å². The Labute approximate surface area is 88.9 Å². The summed E-state index contributed by atoms with van der Waals surface area (Å²) in [5.41, 5.74) is 0. The standard InChI is InChI=1S/C10H14ClN3/c11-9(8-2-3-8)6-12-7-10-13-4-1-5-14-10/h1,4-5,8-9,12H,2-3,6-7H2. The molecule has 0 aliphatic heterocycles. The van der Waals surface area contributed by atoms with Gasteiger partial charge in [-0.1, -0.05) is 0 Å². The lowest BCUT2D eigenvalue weighted by Gasteiger charge is -2.08. The number of nitrogens with zero attached hydrogens (tertiary/aromatic N) is 2. The van der Waals surface area contributed by atoms with Crippen LogP contribution in [0.15, 0.2) is 18.5 Å². The number of alkyl halides is 1. The fourth-order valence-electron chi connectivity index (χ4n) is 1.37. The van der Waals surface area contributed by atoms with Gasteiger partial charge in [0.25, 0.3) is 0 Å². The van der Waals surface area contributed by atoms with E-state index in [1.807, 2.05) is 6.07 Å². The fraction of sp³-hybridized carbons (Fsp3) is 0.600. The third-order valence-electron chi connectivity index (χ3n) is 2.38. The van der Waals surface area contributed by atoms with E-state index in [1.165, 1.54) is 12.8 Å². The maximum absolute atomic E-state index is 6.14. The summed E-state index contributed by atoms with van der Waals surface area (Å²) < 4.78 is 0.